The Kier molecular flexibility index (Phi) is 5.57. The van der Waals surface area contributed by atoms with Crippen molar-refractivity contribution < 1.29 is 9.53 Å². The Bertz CT molecular complexity index is 442. The molecular formula is C15H21BrN2O2. The van der Waals surface area contributed by atoms with Gasteiger partial charge < -0.3 is 15.4 Å². The molecular weight excluding hydrogens is 320 g/mol. The molecule has 0 radical (unpaired) electrons. The molecule has 0 aliphatic carbocycles. The van der Waals surface area contributed by atoms with Gasteiger partial charge in [-0.2, -0.15) is 0 Å². The van der Waals surface area contributed by atoms with E-state index in [-0.39, 0.29) is 11.4 Å². The van der Waals surface area contributed by atoms with E-state index in [4.69, 9.17) is 4.74 Å². The van der Waals surface area contributed by atoms with E-state index in [1.54, 1.807) is 0 Å². The van der Waals surface area contributed by atoms with Crippen molar-refractivity contribution in [2.24, 2.45) is 0 Å². The van der Waals surface area contributed by atoms with Gasteiger partial charge in [-0.15, -0.1) is 0 Å². The fourth-order valence-corrected chi connectivity index (χ4v) is 2.81. The smallest absolute Gasteiger partial charge is 0.221 e. The Labute approximate surface area is 128 Å². The largest absolute Gasteiger partial charge is 0.381 e. The van der Waals surface area contributed by atoms with Crippen molar-refractivity contribution >= 4 is 21.8 Å². The summed E-state index contributed by atoms with van der Waals surface area (Å²) in [6, 6.07) is 8.19. The third kappa shape index (κ3) is 3.81. The molecule has 0 bridgehead atoms. The van der Waals surface area contributed by atoms with Crippen molar-refractivity contribution in [2.45, 2.75) is 24.8 Å². The molecule has 1 saturated heterocycles. The highest BCUT2D eigenvalue weighted by Crippen LogP contribution is 2.33. The van der Waals surface area contributed by atoms with Gasteiger partial charge in [0.1, 0.15) is 0 Å². The van der Waals surface area contributed by atoms with Gasteiger partial charge in [-0.05, 0) is 37.6 Å². The molecule has 5 heteroatoms. The number of nitrogens with one attached hydrogen (secondary N) is 2. The van der Waals surface area contributed by atoms with Crippen LogP contribution in [-0.2, 0) is 15.1 Å². The minimum absolute atomic E-state index is 0.0872. The Morgan fingerprint density at radius 3 is 2.55 bits per heavy atom. The van der Waals surface area contributed by atoms with Crippen LogP contribution in [-0.4, -0.2) is 32.7 Å². The van der Waals surface area contributed by atoms with Gasteiger partial charge in [-0.3, -0.25) is 4.79 Å². The number of carbonyl (C=O) groups is 1. The Hall–Kier alpha value is -0.910. The molecule has 4 nitrogen and oxygen atoms in total. The second-order valence-corrected chi connectivity index (χ2v) is 6.02. The van der Waals surface area contributed by atoms with Gasteiger partial charge in [0, 0.05) is 30.7 Å². The fraction of sp³-hybridized carbons (Fsp3) is 0.533. The second-order valence-electron chi connectivity index (χ2n) is 5.10. The molecule has 1 aromatic carbocycles. The van der Waals surface area contributed by atoms with Gasteiger partial charge in [-0.1, -0.05) is 28.1 Å². The number of carbonyl (C=O) groups excluding carboxylic acids is 1. The number of amides is 1. The summed E-state index contributed by atoms with van der Waals surface area (Å²) >= 11 is 3.45. The standard InChI is InChI=1S/C15H21BrN2O2/c1-17-9-6-14(19)18-15(7-10-20-11-8-15)12-2-4-13(16)5-3-12/h2-5,17H,6-11H2,1H3,(H,18,19). The lowest BCUT2D eigenvalue weighted by molar-refractivity contribution is -0.124. The van der Waals surface area contributed by atoms with Crippen LogP contribution in [0.5, 0.6) is 0 Å². The first-order valence-electron chi connectivity index (χ1n) is 6.96. The average Bonchev–Trinajstić information content (AvgIpc) is 2.46. The molecule has 0 unspecified atom stereocenters. The number of hydrogen-bond donors (Lipinski definition) is 2. The summed E-state index contributed by atoms with van der Waals surface area (Å²) in [4.78, 5) is 12.1. The predicted molar refractivity (Wildman–Crippen MR) is 82.6 cm³/mol. The molecule has 1 aliphatic heterocycles. The highest BCUT2D eigenvalue weighted by molar-refractivity contribution is 9.10. The Morgan fingerprint density at radius 1 is 1.30 bits per heavy atom. The topological polar surface area (TPSA) is 50.4 Å². The van der Waals surface area contributed by atoms with Crippen LogP contribution in [0.25, 0.3) is 0 Å². The summed E-state index contributed by atoms with van der Waals surface area (Å²) in [5.74, 6) is 0.0872. The lowest BCUT2D eigenvalue weighted by Gasteiger charge is -2.38. The number of rotatable bonds is 5. The first kappa shape index (κ1) is 15.5. The van der Waals surface area contributed by atoms with E-state index in [9.17, 15) is 4.79 Å². The van der Waals surface area contributed by atoms with Crippen molar-refractivity contribution in [2.75, 3.05) is 26.8 Å². The third-order valence-electron chi connectivity index (χ3n) is 3.72. The summed E-state index contributed by atoms with van der Waals surface area (Å²) in [6.07, 6.45) is 2.13. The van der Waals surface area contributed by atoms with E-state index >= 15 is 0 Å². The normalized spacial score (nSPS) is 17.7. The van der Waals surface area contributed by atoms with Crippen LogP contribution in [0.1, 0.15) is 24.8 Å². The summed E-state index contributed by atoms with van der Waals surface area (Å²) in [5, 5.41) is 6.23. The van der Waals surface area contributed by atoms with Crippen molar-refractivity contribution in [3.63, 3.8) is 0 Å². The first-order chi connectivity index (χ1) is 9.66. The Morgan fingerprint density at radius 2 is 1.95 bits per heavy atom. The number of benzene rings is 1. The van der Waals surface area contributed by atoms with Crippen LogP contribution in [0.15, 0.2) is 28.7 Å². The minimum Gasteiger partial charge on any atom is -0.381 e. The molecule has 0 saturated carbocycles. The molecule has 0 spiro atoms. The maximum atomic E-state index is 12.1. The van der Waals surface area contributed by atoms with Crippen LogP contribution in [0.2, 0.25) is 0 Å². The highest BCUT2D eigenvalue weighted by Gasteiger charge is 2.35. The van der Waals surface area contributed by atoms with Crippen LogP contribution in [0.3, 0.4) is 0 Å². The molecule has 1 amide bonds. The Balaban J connectivity index is 2.16. The molecule has 2 rings (SSSR count). The van der Waals surface area contributed by atoms with E-state index in [0.717, 1.165) is 22.9 Å². The SMILES string of the molecule is CNCCC(=O)NC1(c2ccc(Br)cc2)CCOCC1. The molecule has 1 aliphatic rings. The van der Waals surface area contributed by atoms with Crippen molar-refractivity contribution in [3.8, 4) is 0 Å². The van der Waals surface area contributed by atoms with E-state index < -0.39 is 0 Å². The van der Waals surface area contributed by atoms with Crippen LogP contribution in [0.4, 0.5) is 0 Å². The maximum absolute atomic E-state index is 12.1. The first-order valence-corrected chi connectivity index (χ1v) is 7.75. The third-order valence-corrected chi connectivity index (χ3v) is 4.25. The van der Waals surface area contributed by atoms with Gasteiger partial charge in [0.2, 0.25) is 5.91 Å². The van der Waals surface area contributed by atoms with Crippen LogP contribution < -0.4 is 10.6 Å². The monoisotopic (exact) mass is 340 g/mol. The predicted octanol–water partition coefficient (Wildman–Crippen LogP) is 2.18. The lowest BCUT2D eigenvalue weighted by Crippen LogP contribution is -2.49. The number of halogens is 1. The number of hydrogen-bond acceptors (Lipinski definition) is 3. The summed E-state index contributed by atoms with van der Waals surface area (Å²) in [7, 11) is 1.85. The second kappa shape index (κ2) is 7.20. The van der Waals surface area contributed by atoms with Gasteiger partial charge in [-0.25, -0.2) is 0 Å². The zero-order valence-electron chi connectivity index (χ0n) is 11.7. The zero-order chi connectivity index (χ0) is 14.4. The molecule has 20 heavy (non-hydrogen) atoms. The molecule has 0 atom stereocenters. The molecule has 1 heterocycles. The summed E-state index contributed by atoms with van der Waals surface area (Å²) in [6.45, 7) is 2.06. The van der Waals surface area contributed by atoms with Gasteiger partial charge in [0.25, 0.3) is 0 Å². The summed E-state index contributed by atoms with van der Waals surface area (Å²) in [5.41, 5.74) is 0.867. The molecule has 110 valence electrons. The van der Waals surface area contributed by atoms with Crippen molar-refractivity contribution in [1.29, 1.82) is 0 Å². The van der Waals surface area contributed by atoms with Crippen LogP contribution >= 0.6 is 15.9 Å². The fourth-order valence-electron chi connectivity index (χ4n) is 2.54. The average molecular weight is 341 g/mol. The van der Waals surface area contributed by atoms with E-state index in [0.29, 0.717) is 26.2 Å². The van der Waals surface area contributed by atoms with E-state index in [2.05, 4.69) is 38.7 Å². The van der Waals surface area contributed by atoms with Crippen LogP contribution in [0, 0.1) is 0 Å². The maximum Gasteiger partial charge on any atom is 0.221 e. The molecule has 2 N–H and O–H groups in total. The van der Waals surface area contributed by atoms with E-state index in [1.807, 2.05) is 19.2 Å². The quantitative estimate of drug-likeness (QED) is 0.863. The lowest BCUT2D eigenvalue weighted by atomic mass is 9.82. The van der Waals surface area contributed by atoms with Gasteiger partial charge >= 0.3 is 0 Å². The molecule has 1 fully saturated rings. The van der Waals surface area contributed by atoms with Crippen molar-refractivity contribution in [3.05, 3.63) is 34.3 Å². The summed E-state index contributed by atoms with van der Waals surface area (Å²) < 4.78 is 6.51. The molecule has 1 aromatic rings. The zero-order valence-corrected chi connectivity index (χ0v) is 13.3. The molecule has 0 aromatic heterocycles. The van der Waals surface area contributed by atoms with Gasteiger partial charge in [0.15, 0.2) is 0 Å². The van der Waals surface area contributed by atoms with Gasteiger partial charge in [0.05, 0.1) is 5.54 Å². The van der Waals surface area contributed by atoms with E-state index in [1.165, 1.54) is 0 Å². The minimum atomic E-state index is -0.288. The highest BCUT2D eigenvalue weighted by atomic mass is 79.9. The van der Waals surface area contributed by atoms with Crippen molar-refractivity contribution in [1.82, 2.24) is 10.6 Å². The number of ether oxygens (including phenoxy) is 1.